The molecule has 22 heavy (non-hydrogen) atoms. The van der Waals surface area contributed by atoms with Crippen LogP contribution in [0, 0.1) is 0 Å². The van der Waals surface area contributed by atoms with Crippen molar-refractivity contribution in [3.63, 3.8) is 0 Å². The Morgan fingerprint density at radius 1 is 1.27 bits per heavy atom. The van der Waals surface area contributed by atoms with Crippen LogP contribution in [0.25, 0.3) is 0 Å². The number of aromatic nitrogens is 2. The highest BCUT2D eigenvalue weighted by molar-refractivity contribution is 7.89. The van der Waals surface area contributed by atoms with Crippen molar-refractivity contribution in [1.29, 1.82) is 0 Å². The van der Waals surface area contributed by atoms with Crippen LogP contribution in [-0.4, -0.2) is 29.6 Å². The third kappa shape index (κ3) is 3.56. The first-order valence-corrected chi connectivity index (χ1v) is 8.82. The smallest absolute Gasteiger partial charge is 0.243 e. The van der Waals surface area contributed by atoms with Crippen LogP contribution in [0.3, 0.4) is 0 Å². The van der Waals surface area contributed by atoms with Crippen molar-refractivity contribution in [2.75, 3.05) is 7.05 Å². The molecular formula is C16H23N3O2S. The van der Waals surface area contributed by atoms with Gasteiger partial charge in [-0.05, 0) is 30.0 Å². The topological polar surface area (TPSA) is 55.2 Å². The molecule has 0 spiro atoms. The van der Waals surface area contributed by atoms with Gasteiger partial charge in [0.25, 0.3) is 0 Å². The fourth-order valence-electron chi connectivity index (χ4n) is 2.28. The summed E-state index contributed by atoms with van der Waals surface area (Å²) >= 11 is 0. The van der Waals surface area contributed by atoms with Gasteiger partial charge in [-0.3, -0.25) is 4.68 Å². The van der Waals surface area contributed by atoms with Crippen LogP contribution in [0.5, 0.6) is 0 Å². The van der Waals surface area contributed by atoms with Crippen LogP contribution in [0.1, 0.15) is 37.3 Å². The Morgan fingerprint density at radius 2 is 1.91 bits per heavy atom. The second-order valence-corrected chi connectivity index (χ2v) is 7.71. The molecule has 1 aromatic carbocycles. The lowest BCUT2D eigenvalue weighted by Gasteiger charge is -2.17. The number of benzene rings is 1. The standard InChI is InChI=1S/C16H23N3O2S/c1-5-13(2)15-6-8-16(9-7-15)22(20,21)19(4)12-14-10-17-18(3)11-14/h6-11,13H,5,12H2,1-4H3/t13-/m0/s1. The van der Waals surface area contributed by atoms with E-state index in [0.29, 0.717) is 17.4 Å². The Balaban J connectivity index is 2.18. The molecule has 1 atom stereocenters. The summed E-state index contributed by atoms with van der Waals surface area (Å²) in [4.78, 5) is 0.325. The van der Waals surface area contributed by atoms with Gasteiger partial charge < -0.3 is 0 Å². The van der Waals surface area contributed by atoms with Gasteiger partial charge in [-0.2, -0.15) is 9.40 Å². The lowest BCUT2D eigenvalue weighted by molar-refractivity contribution is 0.466. The van der Waals surface area contributed by atoms with Crippen LogP contribution in [-0.2, 0) is 23.6 Å². The molecule has 0 aliphatic carbocycles. The van der Waals surface area contributed by atoms with Crippen molar-refractivity contribution in [2.24, 2.45) is 7.05 Å². The van der Waals surface area contributed by atoms with Crippen LogP contribution in [0.2, 0.25) is 0 Å². The van der Waals surface area contributed by atoms with E-state index in [4.69, 9.17) is 0 Å². The maximum Gasteiger partial charge on any atom is 0.243 e. The number of aryl methyl sites for hydroxylation is 1. The normalized spacial score (nSPS) is 13.5. The summed E-state index contributed by atoms with van der Waals surface area (Å²) < 4.78 is 28.2. The summed E-state index contributed by atoms with van der Waals surface area (Å²) in [5.41, 5.74) is 2.03. The summed E-state index contributed by atoms with van der Waals surface area (Å²) in [6.07, 6.45) is 4.53. The van der Waals surface area contributed by atoms with Crippen molar-refractivity contribution >= 4 is 10.0 Å². The molecule has 0 amide bonds. The van der Waals surface area contributed by atoms with Crippen LogP contribution in [0.4, 0.5) is 0 Å². The predicted molar refractivity (Wildman–Crippen MR) is 87.0 cm³/mol. The van der Waals surface area contributed by atoms with Gasteiger partial charge in [-0.15, -0.1) is 0 Å². The van der Waals surface area contributed by atoms with E-state index in [1.807, 2.05) is 25.4 Å². The number of nitrogens with zero attached hydrogens (tertiary/aromatic N) is 3. The van der Waals surface area contributed by atoms with Gasteiger partial charge in [0, 0.05) is 32.4 Å². The Labute approximate surface area is 132 Å². The van der Waals surface area contributed by atoms with Gasteiger partial charge in [-0.25, -0.2) is 8.42 Å². The Kier molecular flexibility index (Phi) is 5.03. The number of sulfonamides is 1. The number of rotatable bonds is 6. The van der Waals surface area contributed by atoms with Crippen LogP contribution < -0.4 is 0 Å². The molecule has 0 unspecified atom stereocenters. The van der Waals surface area contributed by atoms with Gasteiger partial charge in [0.05, 0.1) is 11.1 Å². The van der Waals surface area contributed by atoms with Gasteiger partial charge >= 0.3 is 0 Å². The van der Waals surface area contributed by atoms with Crippen molar-refractivity contribution in [3.8, 4) is 0 Å². The van der Waals surface area contributed by atoms with Gasteiger partial charge in [0.15, 0.2) is 0 Å². The molecular weight excluding hydrogens is 298 g/mol. The summed E-state index contributed by atoms with van der Waals surface area (Å²) in [5.74, 6) is 0.435. The number of hydrogen-bond acceptors (Lipinski definition) is 3. The molecule has 0 fully saturated rings. The van der Waals surface area contributed by atoms with E-state index in [1.165, 1.54) is 4.31 Å². The first-order chi connectivity index (χ1) is 10.3. The zero-order valence-electron chi connectivity index (χ0n) is 13.5. The van der Waals surface area contributed by atoms with Gasteiger partial charge in [0.1, 0.15) is 0 Å². The lowest BCUT2D eigenvalue weighted by atomic mass is 9.99. The zero-order chi connectivity index (χ0) is 16.3. The molecule has 2 aromatic rings. The minimum absolute atomic E-state index is 0.309. The highest BCUT2D eigenvalue weighted by Gasteiger charge is 2.21. The summed E-state index contributed by atoms with van der Waals surface area (Å²) in [7, 11) is -0.0815. The monoisotopic (exact) mass is 321 g/mol. The molecule has 2 rings (SSSR count). The van der Waals surface area contributed by atoms with E-state index in [-0.39, 0.29) is 0 Å². The van der Waals surface area contributed by atoms with Crippen molar-refractivity contribution in [1.82, 2.24) is 14.1 Å². The maximum atomic E-state index is 12.6. The molecule has 0 saturated heterocycles. The molecule has 0 saturated carbocycles. The second-order valence-electron chi connectivity index (χ2n) is 5.66. The maximum absolute atomic E-state index is 12.6. The van der Waals surface area contributed by atoms with Crippen LogP contribution in [0.15, 0.2) is 41.6 Å². The molecule has 0 aliphatic heterocycles. The Bertz CT molecular complexity index is 720. The molecule has 0 N–H and O–H groups in total. The van der Waals surface area contributed by atoms with Crippen molar-refractivity contribution in [2.45, 2.75) is 37.6 Å². The fraction of sp³-hybridized carbons (Fsp3) is 0.438. The highest BCUT2D eigenvalue weighted by atomic mass is 32.2. The Hall–Kier alpha value is -1.66. The molecule has 120 valence electrons. The molecule has 0 radical (unpaired) electrons. The lowest BCUT2D eigenvalue weighted by Crippen LogP contribution is -2.26. The van der Waals surface area contributed by atoms with Gasteiger partial charge in [-0.1, -0.05) is 26.0 Å². The van der Waals surface area contributed by atoms with E-state index in [9.17, 15) is 8.42 Å². The largest absolute Gasteiger partial charge is 0.275 e. The molecule has 0 aliphatic rings. The summed E-state index contributed by atoms with van der Waals surface area (Å²) in [6.45, 7) is 4.57. The van der Waals surface area contributed by atoms with E-state index in [1.54, 1.807) is 30.1 Å². The van der Waals surface area contributed by atoms with Crippen LogP contribution >= 0.6 is 0 Å². The average Bonchev–Trinajstić information content (AvgIpc) is 2.91. The average molecular weight is 321 g/mol. The van der Waals surface area contributed by atoms with Gasteiger partial charge in [0.2, 0.25) is 10.0 Å². The molecule has 5 nitrogen and oxygen atoms in total. The summed E-state index contributed by atoms with van der Waals surface area (Å²) in [5, 5.41) is 4.06. The minimum Gasteiger partial charge on any atom is -0.275 e. The fourth-order valence-corrected chi connectivity index (χ4v) is 3.44. The Morgan fingerprint density at radius 3 is 2.41 bits per heavy atom. The summed E-state index contributed by atoms with van der Waals surface area (Å²) in [6, 6.07) is 7.19. The second kappa shape index (κ2) is 6.62. The first-order valence-electron chi connectivity index (χ1n) is 7.38. The minimum atomic E-state index is -3.48. The van der Waals surface area contributed by atoms with E-state index >= 15 is 0 Å². The third-order valence-corrected chi connectivity index (χ3v) is 5.75. The SMILES string of the molecule is CC[C@H](C)c1ccc(S(=O)(=O)N(C)Cc2cnn(C)c2)cc1. The van der Waals surface area contributed by atoms with Crippen molar-refractivity contribution < 1.29 is 8.42 Å². The quantitative estimate of drug-likeness (QED) is 0.822. The highest BCUT2D eigenvalue weighted by Crippen LogP contribution is 2.22. The van der Waals surface area contributed by atoms with Crippen molar-refractivity contribution in [3.05, 3.63) is 47.8 Å². The number of hydrogen-bond donors (Lipinski definition) is 0. The zero-order valence-corrected chi connectivity index (χ0v) is 14.3. The molecule has 0 bridgehead atoms. The van der Waals surface area contributed by atoms with E-state index < -0.39 is 10.0 Å². The molecule has 1 heterocycles. The predicted octanol–water partition coefficient (Wildman–Crippen LogP) is 2.75. The van der Waals surface area contributed by atoms with E-state index in [2.05, 4.69) is 18.9 Å². The third-order valence-electron chi connectivity index (χ3n) is 3.93. The molecule has 6 heteroatoms. The van der Waals surface area contributed by atoms with E-state index in [0.717, 1.165) is 17.5 Å². The molecule has 1 aromatic heterocycles. The first kappa shape index (κ1) is 16.7.